The average molecular weight is 289 g/mol. The Morgan fingerprint density at radius 2 is 1.90 bits per heavy atom. The number of benzene rings is 2. The number of carbonyl (C=O) groups excluding carboxylic acids is 1. The van der Waals surface area contributed by atoms with Crippen LogP contribution in [0.5, 0.6) is 11.5 Å². The fourth-order valence-electron chi connectivity index (χ4n) is 1.88. The highest BCUT2D eigenvalue weighted by Crippen LogP contribution is 2.30. The van der Waals surface area contributed by atoms with Crippen LogP contribution in [0.3, 0.4) is 0 Å². The van der Waals surface area contributed by atoms with Crippen LogP contribution >= 0.6 is 11.6 Å². The molecular weight excluding hydrogens is 272 g/mol. The number of hydrogen-bond donors (Lipinski definition) is 0. The van der Waals surface area contributed by atoms with Crippen LogP contribution in [0.4, 0.5) is 0 Å². The smallest absolute Gasteiger partial charge is 0.151 e. The lowest BCUT2D eigenvalue weighted by Gasteiger charge is -2.13. The van der Waals surface area contributed by atoms with Crippen molar-refractivity contribution in [2.24, 2.45) is 0 Å². The van der Waals surface area contributed by atoms with Crippen LogP contribution < -0.4 is 4.74 Å². The zero-order valence-corrected chi connectivity index (χ0v) is 12.6. The zero-order chi connectivity index (χ0) is 14.7. The van der Waals surface area contributed by atoms with Gasteiger partial charge in [-0.2, -0.15) is 0 Å². The summed E-state index contributed by atoms with van der Waals surface area (Å²) >= 11 is 6.01. The van der Waals surface area contributed by atoms with Crippen molar-refractivity contribution in [3.8, 4) is 11.5 Å². The molecule has 0 bridgehead atoms. The maximum absolute atomic E-state index is 10.7. The van der Waals surface area contributed by atoms with Crippen LogP contribution in [-0.4, -0.2) is 6.29 Å². The zero-order valence-electron chi connectivity index (χ0n) is 11.8. The maximum atomic E-state index is 10.7. The largest absolute Gasteiger partial charge is 0.457 e. The van der Waals surface area contributed by atoms with E-state index < -0.39 is 0 Å². The van der Waals surface area contributed by atoms with Gasteiger partial charge < -0.3 is 4.74 Å². The maximum Gasteiger partial charge on any atom is 0.151 e. The molecule has 0 aromatic heterocycles. The Bertz CT molecular complexity index is 633. The number of halogens is 1. The van der Waals surface area contributed by atoms with Crippen LogP contribution in [-0.2, 0) is 0 Å². The molecule has 0 atom stereocenters. The van der Waals surface area contributed by atoms with Gasteiger partial charge in [-0.3, -0.25) is 4.79 Å². The first kappa shape index (κ1) is 14.6. The molecule has 3 heteroatoms. The second kappa shape index (κ2) is 6.10. The van der Waals surface area contributed by atoms with Gasteiger partial charge in [-0.1, -0.05) is 37.6 Å². The predicted molar refractivity (Wildman–Crippen MR) is 82.2 cm³/mol. The molecule has 0 heterocycles. The Hall–Kier alpha value is -1.80. The second-order valence-electron chi connectivity index (χ2n) is 5.08. The van der Waals surface area contributed by atoms with E-state index in [1.165, 1.54) is 5.56 Å². The fourth-order valence-corrected chi connectivity index (χ4v) is 2.09. The first-order chi connectivity index (χ1) is 9.51. The molecule has 2 nitrogen and oxygen atoms in total. The molecule has 0 aliphatic carbocycles. The summed E-state index contributed by atoms with van der Waals surface area (Å²) in [6, 6.07) is 11.3. The summed E-state index contributed by atoms with van der Waals surface area (Å²) in [5, 5.41) is 0.398. The average Bonchev–Trinajstić information content (AvgIpc) is 2.41. The van der Waals surface area contributed by atoms with Gasteiger partial charge in [0.25, 0.3) is 0 Å². The molecule has 0 aliphatic heterocycles. The highest BCUT2D eigenvalue weighted by molar-refractivity contribution is 6.33. The van der Waals surface area contributed by atoms with Crippen molar-refractivity contribution in [2.45, 2.75) is 26.7 Å². The standard InChI is InChI=1S/C17H17ClO2/c1-11(2)13-5-4-12(3)17(8-13)20-15-7-6-14(10-19)16(18)9-15/h4-11H,1-3H3. The Balaban J connectivity index is 2.31. The van der Waals surface area contributed by atoms with Gasteiger partial charge in [-0.15, -0.1) is 0 Å². The van der Waals surface area contributed by atoms with Crippen molar-refractivity contribution in [2.75, 3.05) is 0 Å². The van der Waals surface area contributed by atoms with E-state index in [2.05, 4.69) is 19.9 Å². The number of carbonyl (C=O) groups is 1. The fraction of sp³-hybridized carbons (Fsp3) is 0.235. The molecule has 20 heavy (non-hydrogen) atoms. The van der Waals surface area contributed by atoms with Gasteiger partial charge in [0.05, 0.1) is 5.02 Å². The van der Waals surface area contributed by atoms with Gasteiger partial charge >= 0.3 is 0 Å². The monoisotopic (exact) mass is 288 g/mol. The number of aldehydes is 1. The van der Waals surface area contributed by atoms with Crippen molar-refractivity contribution in [1.82, 2.24) is 0 Å². The molecule has 0 fully saturated rings. The molecule has 0 unspecified atom stereocenters. The second-order valence-corrected chi connectivity index (χ2v) is 5.49. The Morgan fingerprint density at radius 1 is 1.15 bits per heavy atom. The number of hydrogen-bond acceptors (Lipinski definition) is 2. The van der Waals surface area contributed by atoms with Gasteiger partial charge in [0.2, 0.25) is 0 Å². The van der Waals surface area contributed by atoms with Gasteiger partial charge in [-0.05, 0) is 42.2 Å². The first-order valence-electron chi connectivity index (χ1n) is 6.54. The minimum atomic E-state index is 0.398. The Labute approximate surface area is 124 Å². The molecule has 0 saturated heterocycles. The molecule has 0 spiro atoms. The van der Waals surface area contributed by atoms with Crippen LogP contribution in [0.15, 0.2) is 36.4 Å². The highest BCUT2D eigenvalue weighted by Gasteiger charge is 2.07. The number of ether oxygens (including phenoxy) is 1. The van der Waals surface area contributed by atoms with E-state index >= 15 is 0 Å². The minimum absolute atomic E-state index is 0.398. The number of aryl methyl sites for hydroxylation is 1. The topological polar surface area (TPSA) is 26.3 Å². The van der Waals surface area contributed by atoms with Gasteiger partial charge in [-0.25, -0.2) is 0 Å². The van der Waals surface area contributed by atoms with Gasteiger partial charge in [0.15, 0.2) is 6.29 Å². The Morgan fingerprint density at radius 3 is 2.50 bits per heavy atom. The molecule has 2 rings (SSSR count). The summed E-state index contributed by atoms with van der Waals surface area (Å²) in [4.78, 5) is 10.7. The summed E-state index contributed by atoms with van der Waals surface area (Å²) in [5.74, 6) is 1.88. The lowest BCUT2D eigenvalue weighted by atomic mass is 10.0. The summed E-state index contributed by atoms with van der Waals surface area (Å²) in [7, 11) is 0. The minimum Gasteiger partial charge on any atom is -0.457 e. The van der Waals surface area contributed by atoms with E-state index in [9.17, 15) is 4.79 Å². The van der Waals surface area contributed by atoms with Crippen LogP contribution in [0, 0.1) is 6.92 Å². The first-order valence-corrected chi connectivity index (χ1v) is 6.92. The van der Waals surface area contributed by atoms with E-state index in [4.69, 9.17) is 16.3 Å². The van der Waals surface area contributed by atoms with Crippen LogP contribution in [0.1, 0.15) is 41.3 Å². The lowest BCUT2D eigenvalue weighted by molar-refractivity contribution is 0.112. The van der Waals surface area contributed by atoms with E-state index in [0.29, 0.717) is 22.3 Å². The molecular formula is C17H17ClO2. The molecule has 2 aromatic rings. The number of rotatable bonds is 4. The van der Waals surface area contributed by atoms with Crippen molar-refractivity contribution in [1.29, 1.82) is 0 Å². The Kier molecular flexibility index (Phi) is 4.46. The molecule has 104 valence electrons. The SMILES string of the molecule is Cc1ccc(C(C)C)cc1Oc1ccc(C=O)c(Cl)c1. The molecule has 0 N–H and O–H groups in total. The summed E-state index contributed by atoms with van der Waals surface area (Å²) in [6.07, 6.45) is 0.733. The van der Waals surface area contributed by atoms with Crippen LogP contribution in [0.2, 0.25) is 5.02 Å². The van der Waals surface area contributed by atoms with Gasteiger partial charge in [0.1, 0.15) is 11.5 Å². The predicted octanol–water partition coefficient (Wildman–Crippen LogP) is 5.38. The van der Waals surface area contributed by atoms with E-state index in [0.717, 1.165) is 17.6 Å². The van der Waals surface area contributed by atoms with Gasteiger partial charge in [0, 0.05) is 11.6 Å². The van der Waals surface area contributed by atoms with E-state index in [-0.39, 0.29) is 0 Å². The van der Waals surface area contributed by atoms with Crippen molar-refractivity contribution in [3.63, 3.8) is 0 Å². The van der Waals surface area contributed by atoms with Crippen molar-refractivity contribution in [3.05, 3.63) is 58.1 Å². The van der Waals surface area contributed by atoms with E-state index in [1.54, 1.807) is 18.2 Å². The van der Waals surface area contributed by atoms with Crippen LogP contribution in [0.25, 0.3) is 0 Å². The summed E-state index contributed by atoms with van der Waals surface area (Å²) < 4.78 is 5.88. The molecule has 0 saturated carbocycles. The molecule has 2 aromatic carbocycles. The quantitative estimate of drug-likeness (QED) is 0.706. The lowest BCUT2D eigenvalue weighted by Crippen LogP contribution is -1.93. The van der Waals surface area contributed by atoms with E-state index in [1.807, 2.05) is 19.1 Å². The summed E-state index contributed by atoms with van der Waals surface area (Å²) in [5.41, 5.74) is 2.75. The third kappa shape index (κ3) is 3.20. The van der Waals surface area contributed by atoms with Crippen molar-refractivity contribution >= 4 is 17.9 Å². The molecule has 0 radical (unpaired) electrons. The third-order valence-corrected chi connectivity index (χ3v) is 3.53. The third-order valence-electron chi connectivity index (χ3n) is 3.21. The van der Waals surface area contributed by atoms with Crippen molar-refractivity contribution < 1.29 is 9.53 Å². The molecule has 0 amide bonds. The molecule has 0 aliphatic rings. The highest BCUT2D eigenvalue weighted by atomic mass is 35.5. The summed E-state index contributed by atoms with van der Waals surface area (Å²) in [6.45, 7) is 6.29. The normalized spacial score (nSPS) is 10.7.